The van der Waals surface area contributed by atoms with Crippen LogP contribution in [-0.4, -0.2) is 29.9 Å². The maximum Gasteiger partial charge on any atom is 0.282 e. The van der Waals surface area contributed by atoms with Crippen molar-refractivity contribution in [2.45, 2.75) is 12.7 Å². The van der Waals surface area contributed by atoms with Crippen LogP contribution in [0.2, 0.25) is 0 Å². The zero-order valence-corrected chi connectivity index (χ0v) is 13.6. The third kappa shape index (κ3) is 3.87. The van der Waals surface area contributed by atoms with Crippen molar-refractivity contribution in [3.8, 4) is 0 Å². The van der Waals surface area contributed by atoms with Crippen molar-refractivity contribution in [1.82, 2.24) is 0 Å². The number of hydrogen-bond donors (Lipinski definition) is 2. The number of nitrogens with zero attached hydrogens (tertiary/aromatic N) is 4. The molecule has 146 valence electrons. The molecule has 2 aromatic rings. The molecule has 0 bridgehead atoms. The monoisotopic (exact) mass is 394 g/mol. The van der Waals surface area contributed by atoms with E-state index in [4.69, 9.17) is 0 Å². The Morgan fingerprint density at radius 3 is 1.61 bits per heavy atom. The molecule has 14 nitrogen and oxygen atoms in total. The van der Waals surface area contributed by atoms with Crippen molar-refractivity contribution in [3.05, 3.63) is 87.5 Å². The summed E-state index contributed by atoms with van der Waals surface area (Å²) in [5.74, 6) is 0. The van der Waals surface area contributed by atoms with E-state index in [1.165, 1.54) is 0 Å². The highest BCUT2D eigenvalue weighted by Gasteiger charge is 2.31. The van der Waals surface area contributed by atoms with Gasteiger partial charge in [0.05, 0.1) is 44.0 Å². The van der Waals surface area contributed by atoms with Crippen LogP contribution in [-0.2, 0) is 6.61 Å². The fourth-order valence-corrected chi connectivity index (χ4v) is 2.54. The normalized spacial score (nSPS) is 11.6. The molecular formula is C14H10N4O10. The van der Waals surface area contributed by atoms with E-state index >= 15 is 0 Å². The summed E-state index contributed by atoms with van der Waals surface area (Å²) in [5, 5.41) is 64.2. The third-order valence-electron chi connectivity index (χ3n) is 3.74. The number of nitro benzene ring substituents is 4. The molecule has 0 radical (unpaired) electrons. The third-order valence-corrected chi connectivity index (χ3v) is 3.74. The first-order chi connectivity index (χ1) is 13.1. The summed E-state index contributed by atoms with van der Waals surface area (Å²) in [5.41, 5.74) is -4.56. The highest BCUT2D eigenvalue weighted by Crippen LogP contribution is 2.38. The Bertz CT molecular complexity index is 974. The fourth-order valence-electron chi connectivity index (χ4n) is 2.54. The molecule has 28 heavy (non-hydrogen) atoms. The van der Waals surface area contributed by atoms with E-state index in [1.54, 1.807) is 0 Å². The van der Waals surface area contributed by atoms with Gasteiger partial charge in [0.2, 0.25) is 0 Å². The molecule has 0 aliphatic carbocycles. The molecule has 0 spiro atoms. The van der Waals surface area contributed by atoms with Crippen molar-refractivity contribution in [1.29, 1.82) is 0 Å². The Morgan fingerprint density at radius 2 is 1.21 bits per heavy atom. The zero-order chi connectivity index (χ0) is 21.2. The van der Waals surface area contributed by atoms with E-state index in [1.807, 2.05) is 0 Å². The number of aliphatic hydroxyl groups is 2. The molecule has 1 unspecified atom stereocenters. The summed E-state index contributed by atoms with van der Waals surface area (Å²) in [6, 6.07) is 3.50. The number of hydrogen-bond acceptors (Lipinski definition) is 10. The predicted molar refractivity (Wildman–Crippen MR) is 89.5 cm³/mol. The number of non-ortho nitro benzene ring substituents is 3. The van der Waals surface area contributed by atoms with Gasteiger partial charge >= 0.3 is 0 Å². The molecule has 2 rings (SSSR count). The van der Waals surface area contributed by atoms with Crippen LogP contribution in [0.3, 0.4) is 0 Å². The Morgan fingerprint density at radius 1 is 0.750 bits per heavy atom. The van der Waals surface area contributed by atoms with Crippen LogP contribution < -0.4 is 0 Å². The molecule has 0 heterocycles. The lowest BCUT2D eigenvalue weighted by Crippen LogP contribution is -2.10. The van der Waals surface area contributed by atoms with E-state index in [2.05, 4.69) is 0 Å². The van der Waals surface area contributed by atoms with E-state index < -0.39 is 66.3 Å². The Hall–Kier alpha value is -4.04. The van der Waals surface area contributed by atoms with Gasteiger partial charge < -0.3 is 10.2 Å². The molecule has 14 heteroatoms. The molecule has 0 aliphatic heterocycles. The minimum atomic E-state index is -2.01. The Labute approximate surface area is 153 Å². The lowest BCUT2D eigenvalue weighted by Gasteiger charge is -2.15. The highest BCUT2D eigenvalue weighted by atomic mass is 16.6. The van der Waals surface area contributed by atoms with Crippen LogP contribution >= 0.6 is 0 Å². The molecule has 1 atom stereocenters. The first-order valence-corrected chi connectivity index (χ1v) is 7.25. The minimum absolute atomic E-state index is 0.387. The standard InChI is InChI=1S/C14H10N4O10/c19-6-8-3-11(17(25)26)5-12(18(27)28)13(8)14(20)7-1-9(15(21)22)4-10(2-7)16(23)24/h1-5,14,19-20H,6H2. The second kappa shape index (κ2) is 7.68. The van der Waals surface area contributed by atoms with Crippen molar-refractivity contribution >= 4 is 22.7 Å². The summed E-state index contributed by atoms with van der Waals surface area (Å²) in [6.07, 6.45) is -2.01. The van der Waals surface area contributed by atoms with Crippen LogP contribution in [0.25, 0.3) is 0 Å². The number of rotatable bonds is 7. The van der Waals surface area contributed by atoms with Crippen molar-refractivity contribution in [3.63, 3.8) is 0 Å². The molecule has 0 aromatic heterocycles. The maximum atomic E-state index is 11.3. The first kappa shape index (κ1) is 20.3. The van der Waals surface area contributed by atoms with Crippen molar-refractivity contribution in [2.75, 3.05) is 0 Å². The lowest BCUT2D eigenvalue weighted by atomic mass is 9.94. The molecular weight excluding hydrogens is 384 g/mol. The summed E-state index contributed by atoms with van der Waals surface area (Å²) in [4.78, 5) is 40.3. The number of nitro groups is 4. The first-order valence-electron chi connectivity index (χ1n) is 7.25. The Balaban J connectivity index is 2.77. The SMILES string of the molecule is O=[N+]([O-])c1cc(C(O)c2c(CO)cc([N+](=O)[O-])cc2[N+](=O)[O-])cc([N+](=O)[O-])c1. The summed E-state index contributed by atoms with van der Waals surface area (Å²) >= 11 is 0. The van der Waals surface area contributed by atoms with E-state index in [0.29, 0.717) is 12.1 Å². The number of aliphatic hydroxyl groups excluding tert-OH is 2. The van der Waals surface area contributed by atoms with Crippen LogP contribution in [0.1, 0.15) is 22.8 Å². The van der Waals surface area contributed by atoms with Gasteiger partial charge in [-0.15, -0.1) is 0 Å². The molecule has 0 aliphatic rings. The van der Waals surface area contributed by atoms with Gasteiger partial charge in [-0.25, -0.2) is 0 Å². The van der Waals surface area contributed by atoms with Crippen LogP contribution in [0.5, 0.6) is 0 Å². The number of benzene rings is 2. The fraction of sp³-hybridized carbons (Fsp3) is 0.143. The topological polar surface area (TPSA) is 213 Å². The van der Waals surface area contributed by atoms with Gasteiger partial charge in [0.15, 0.2) is 0 Å². The van der Waals surface area contributed by atoms with Gasteiger partial charge in [0.25, 0.3) is 22.7 Å². The zero-order valence-electron chi connectivity index (χ0n) is 13.6. The summed E-state index contributed by atoms with van der Waals surface area (Å²) in [7, 11) is 0. The molecule has 0 saturated heterocycles. The van der Waals surface area contributed by atoms with E-state index in [-0.39, 0.29) is 5.56 Å². The maximum absolute atomic E-state index is 11.3. The van der Waals surface area contributed by atoms with Crippen LogP contribution in [0.15, 0.2) is 30.3 Å². The van der Waals surface area contributed by atoms with Crippen LogP contribution in [0, 0.1) is 40.5 Å². The molecule has 2 aromatic carbocycles. The van der Waals surface area contributed by atoms with E-state index in [9.17, 15) is 50.7 Å². The largest absolute Gasteiger partial charge is 0.392 e. The van der Waals surface area contributed by atoms with Gasteiger partial charge in [-0.3, -0.25) is 40.5 Å². The van der Waals surface area contributed by atoms with Crippen molar-refractivity contribution in [2.24, 2.45) is 0 Å². The molecule has 0 fully saturated rings. The highest BCUT2D eigenvalue weighted by molar-refractivity contribution is 5.58. The van der Waals surface area contributed by atoms with E-state index in [0.717, 1.165) is 18.2 Å². The lowest BCUT2D eigenvalue weighted by molar-refractivity contribution is -0.395. The predicted octanol–water partition coefficient (Wildman–Crippen LogP) is 1.89. The summed E-state index contributed by atoms with van der Waals surface area (Å²) in [6.45, 7) is -0.939. The quantitative estimate of drug-likeness (QED) is 0.513. The van der Waals surface area contributed by atoms with Gasteiger partial charge in [-0.05, 0) is 11.1 Å². The Kier molecular flexibility index (Phi) is 5.56. The van der Waals surface area contributed by atoms with Gasteiger partial charge in [-0.2, -0.15) is 0 Å². The van der Waals surface area contributed by atoms with Gasteiger partial charge in [0.1, 0.15) is 6.10 Å². The average Bonchev–Trinajstić information content (AvgIpc) is 2.65. The molecule has 2 N–H and O–H groups in total. The second-order valence-corrected chi connectivity index (χ2v) is 5.41. The second-order valence-electron chi connectivity index (χ2n) is 5.41. The van der Waals surface area contributed by atoms with Crippen LogP contribution in [0.4, 0.5) is 22.7 Å². The summed E-state index contributed by atoms with van der Waals surface area (Å²) < 4.78 is 0. The van der Waals surface area contributed by atoms with Gasteiger partial charge in [0, 0.05) is 18.2 Å². The molecule has 0 amide bonds. The minimum Gasteiger partial charge on any atom is -0.392 e. The smallest absolute Gasteiger partial charge is 0.282 e. The average molecular weight is 394 g/mol. The van der Waals surface area contributed by atoms with Crippen molar-refractivity contribution < 1.29 is 29.9 Å². The molecule has 0 saturated carbocycles. The van der Waals surface area contributed by atoms with Gasteiger partial charge in [-0.1, -0.05) is 0 Å².